The van der Waals surface area contributed by atoms with Crippen LogP contribution >= 0.6 is 11.8 Å². The molecule has 0 saturated carbocycles. The van der Waals surface area contributed by atoms with E-state index in [0.717, 1.165) is 11.3 Å². The summed E-state index contributed by atoms with van der Waals surface area (Å²) in [7, 11) is -3.25. The molecule has 3 rings (SSSR count). The Morgan fingerprint density at radius 3 is 2.67 bits per heavy atom. The van der Waals surface area contributed by atoms with Crippen LogP contribution in [0.4, 0.5) is 0 Å². The van der Waals surface area contributed by atoms with Crippen LogP contribution in [0.15, 0.2) is 69.1 Å². The van der Waals surface area contributed by atoms with Crippen molar-refractivity contribution in [1.82, 2.24) is 10.2 Å². The molecule has 8 heteroatoms. The van der Waals surface area contributed by atoms with Gasteiger partial charge in [-0.1, -0.05) is 42.1 Å². The summed E-state index contributed by atoms with van der Waals surface area (Å²) in [4.78, 5) is 0.350. The third-order valence-electron chi connectivity index (χ3n) is 3.69. The Bertz CT molecular complexity index is 972. The summed E-state index contributed by atoms with van der Waals surface area (Å²) in [5.41, 5.74) is 1.11. The highest BCUT2D eigenvalue weighted by molar-refractivity contribution is 7.99. The van der Waals surface area contributed by atoms with E-state index in [1.165, 1.54) is 11.8 Å². The zero-order chi connectivity index (χ0) is 19.1. The summed E-state index contributed by atoms with van der Waals surface area (Å²) in [5.74, 6) is 1.79. The smallest absolute Gasteiger partial charge is 0.276 e. The van der Waals surface area contributed by atoms with Gasteiger partial charge < -0.3 is 9.15 Å². The van der Waals surface area contributed by atoms with Crippen molar-refractivity contribution in [2.75, 3.05) is 11.5 Å². The fourth-order valence-electron chi connectivity index (χ4n) is 2.36. The number of thioether (sulfide) groups is 1. The second kappa shape index (κ2) is 9.05. The lowest BCUT2D eigenvalue weighted by molar-refractivity contribution is 0.252. The monoisotopic (exact) mass is 404 g/mol. The van der Waals surface area contributed by atoms with E-state index in [2.05, 4.69) is 10.2 Å². The van der Waals surface area contributed by atoms with Crippen molar-refractivity contribution in [2.24, 2.45) is 0 Å². The first-order chi connectivity index (χ1) is 13.0. The largest absolute Gasteiger partial charge is 0.484 e. The first-order valence-corrected chi connectivity index (χ1v) is 11.1. The lowest BCUT2D eigenvalue weighted by Crippen LogP contribution is -2.07. The quantitative estimate of drug-likeness (QED) is 0.395. The van der Waals surface area contributed by atoms with Crippen LogP contribution in [-0.2, 0) is 16.4 Å². The van der Waals surface area contributed by atoms with Gasteiger partial charge in [0.25, 0.3) is 11.1 Å². The van der Waals surface area contributed by atoms with Crippen LogP contribution in [0.1, 0.15) is 17.9 Å². The molecule has 142 valence electrons. The van der Waals surface area contributed by atoms with Gasteiger partial charge in [0.2, 0.25) is 0 Å². The van der Waals surface area contributed by atoms with E-state index in [1.807, 2.05) is 31.2 Å². The Hall–Kier alpha value is -2.32. The summed E-state index contributed by atoms with van der Waals surface area (Å²) in [6.45, 7) is 2.19. The van der Waals surface area contributed by atoms with Gasteiger partial charge in [-0.2, -0.15) is 0 Å². The first kappa shape index (κ1) is 19.4. The minimum absolute atomic E-state index is 0.0848. The molecule has 6 nitrogen and oxygen atoms in total. The lowest BCUT2D eigenvalue weighted by atomic mass is 10.2. The molecule has 1 heterocycles. The molecule has 0 aliphatic carbocycles. The molecule has 0 fully saturated rings. The molecule has 0 aliphatic rings. The van der Waals surface area contributed by atoms with E-state index in [4.69, 9.17) is 9.15 Å². The summed E-state index contributed by atoms with van der Waals surface area (Å²) in [5, 5.41) is 8.32. The number of aromatic nitrogens is 2. The van der Waals surface area contributed by atoms with Gasteiger partial charge in [-0.05, 0) is 43.2 Å². The van der Waals surface area contributed by atoms with Crippen molar-refractivity contribution in [3.63, 3.8) is 0 Å². The molecule has 0 saturated heterocycles. The molecule has 0 N–H and O–H groups in total. The first-order valence-electron chi connectivity index (χ1n) is 8.45. The van der Waals surface area contributed by atoms with Gasteiger partial charge in [-0.15, -0.1) is 10.2 Å². The highest BCUT2D eigenvalue weighted by atomic mass is 32.2. The maximum atomic E-state index is 12.2. The molecular formula is C19H20N2O4S2. The Kier molecular flexibility index (Phi) is 6.52. The maximum absolute atomic E-state index is 12.2. The molecule has 27 heavy (non-hydrogen) atoms. The molecule has 0 unspecified atom stereocenters. The molecular weight excluding hydrogens is 384 g/mol. The van der Waals surface area contributed by atoms with Gasteiger partial charge in [0.05, 0.1) is 10.6 Å². The van der Waals surface area contributed by atoms with E-state index < -0.39 is 9.84 Å². The summed E-state index contributed by atoms with van der Waals surface area (Å²) < 4.78 is 35.6. The fraction of sp³-hybridized carbons (Fsp3) is 0.263. The van der Waals surface area contributed by atoms with E-state index in [-0.39, 0.29) is 12.4 Å². The van der Waals surface area contributed by atoms with E-state index in [9.17, 15) is 8.42 Å². The van der Waals surface area contributed by atoms with E-state index in [0.29, 0.717) is 28.2 Å². The highest BCUT2D eigenvalue weighted by Crippen LogP contribution is 2.20. The normalized spacial score (nSPS) is 11.4. The number of aryl methyl sites for hydroxylation is 1. The average molecular weight is 405 g/mol. The topological polar surface area (TPSA) is 82.3 Å². The Morgan fingerprint density at radius 2 is 1.89 bits per heavy atom. The van der Waals surface area contributed by atoms with Gasteiger partial charge >= 0.3 is 0 Å². The van der Waals surface area contributed by atoms with Gasteiger partial charge in [0, 0.05) is 5.75 Å². The van der Waals surface area contributed by atoms with Crippen LogP contribution in [0, 0.1) is 6.92 Å². The van der Waals surface area contributed by atoms with Crippen LogP contribution in [0.25, 0.3) is 0 Å². The third-order valence-corrected chi connectivity index (χ3v) is 6.41. The molecule has 0 spiro atoms. The van der Waals surface area contributed by atoms with Crippen LogP contribution in [-0.4, -0.2) is 30.1 Å². The van der Waals surface area contributed by atoms with Gasteiger partial charge in [0.15, 0.2) is 16.4 Å². The second-order valence-electron chi connectivity index (χ2n) is 5.90. The third kappa shape index (κ3) is 5.83. The van der Waals surface area contributed by atoms with Gasteiger partial charge in [0.1, 0.15) is 5.75 Å². The van der Waals surface area contributed by atoms with Crippen molar-refractivity contribution in [2.45, 2.75) is 30.1 Å². The van der Waals surface area contributed by atoms with E-state index >= 15 is 0 Å². The van der Waals surface area contributed by atoms with Crippen LogP contribution in [0.3, 0.4) is 0 Å². The number of nitrogens with zero attached hydrogens (tertiary/aromatic N) is 2. The van der Waals surface area contributed by atoms with Crippen molar-refractivity contribution in [1.29, 1.82) is 0 Å². The Balaban J connectivity index is 1.43. The molecule has 0 aliphatic heterocycles. The minimum atomic E-state index is -3.25. The molecule has 1 aromatic heterocycles. The molecule has 3 aromatic rings. The molecule has 0 amide bonds. The second-order valence-corrected chi connectivity index (χ2v) is 9.06. The van der Waals surface area contributed by atoms with Crippen molar-refractivity contribution >= 4 is 21.6 Å². The molecule has 2 aromatic carbocycles. The summed E-state index contributed by atoms with van der Waals surface area (Å²) >= 11 is 1.34. The Morgan fingerprint density at radius 1 is 1.07 bits per heavy atom. The maximum Gasteiger partial charge on any atom is 0.276 e. The molecule has 0 atom stereocenters. The number of sulfone groups is 1. The number of hydrogen-bond donors (Lipinski definition) is 0. The number of ether oxygens (including phenoxy) is 1. The van der Waals surface area contributed by atoms with Crippen molar-refractivity contribution in [3.8, 4) is 5.75 Å². The zero-order valence-electron chi connectivity index (χ0n) is 14.9. The van der Waals surface area contributed by atoms with Gasteiger partial charge in [-0.25, -0.2) is 8.42 Å². The molecule has 0 radical (unpaired) electrons. The number of rotatable bonds is 9. The van der Waals surface area contributed by atoms with E-state index in [1.54, 1.807) is 30.3 Å². The average Bonchev–Trinajstić information content (AvgIpc) is 3.12. The predicted octanol–water partition coefficient (Wildman–Crippen LogP) is 3.91. The standard InChI is InChI=1S/C19H20N2O4S2/c1-15-7-5-8-16(13-15)24-14-18-20-21-19(25-18)26-11-6-12-27(22,23)17-9-3-2-4-10-17/h2-5,7-10,13H,6,11-12,14H2,1H3. The van der Waals surface area contributed by atoms with Crippen LogP contribution in [0.2, 0.25) is 0 Å². The number of benzene rings is 2. The van der Waals surface area contributed by atoms with Crippen LogP contribution in [0.5, 0.6) is 5.75 Å². The highest BCUT2D eigenvalue weighted by Gasteiger charge is 2.14. The molecule has 0 bridgehead atoms. The Labute approximate surface area is 162 Å². The number of hydrogen-bond acceptors (Lipinski definition) is 7. The summed E-state index contributed by atoms with van der Waals surface area (Å²) in [6, 6.07) is 16.2. The van der Waals surface area contributed by atoms with Crippen molar-refractivity contribution < 1.29 is 17.6 Å². The summed E-state index contributed by atoms with van der Waals surface area (Å²) in [6.07, 6.45) is 0.499. The zero-order valence-corrected chi connectivity index (χ0v) is 16.5. The fourth-order valence-corrected chi connectivity index (χ4v) is 4.59. The van der Waals surface area contributed by atoms with Crippen molar-refractivity contribution in [3.05, 3.63) is 66.1 Å². The van der Waals surface area contributed by atoms with Crippen LogP contribution < -0.4 is 4.74 Å². The minimum Gasteiger partial charge on any atom is -0.484 e. The predicted molar refractivity (Wildman–Crippen MR) is 104 cm³/mol. The SMILES string of the molecule is Cc1cccc(OCc2nnc(SCCCS(=O)(=O)c3ccccc3)o2)c1. The lowest BCUT2D eigenvalue weighted by Gasteiger charge is -2.03. The van der Waals surface area contributed by atoms with Gasteiger partial charge in [-0.3, -0.25) is 0 Å².